The number of carbonyl (C=O) groups excluding carboxylic acids is 3. The Morgan fingerprint density at radius 2 is 1.69 bits per heavy atom. The molecule has 0 aliphatic heterocycles. The third-order valence-electron chi connectivity index (χ3n) is 21.3. The molecule has 1 aromatic carbocycles. The summed E-state index contributed by atoms with van der Waals surface area (Å²) < 4.78 is 24.1. The molecule has 1 aromatic rings. The van der Waals surface area contributed by atoms with E-state index in [4.69, 9.17) is 18.9 Å². The minimum atomic E-state index is -1.02. The monoisotopic (exact) mass is 1040 g/mol. The summed E-state index contributed by atoms with van der Waals surface area (Å²) in [5.74, 6) is 7.33. The fourth-order valence-corrected chi connectivity index (χ4v) is 17.5. The minimum Gasteiger partial charge on any atom is -0.481 e. The topological polar surface area (TPSA) is 181 Å². The van der Waals surface area contributed by atoms with E-state index in [1.54, 1.807) is 20.8 Å². The van der Waals surface area contributed by atoms with Crippen molar-refractivity contribution in [3.8, 4) is 11.8 Å². The number of allylic oxidation sites excluding steroid dienone is 4. The van der Waals surface area contributed by atoms with Gasteiger partial charge in [-0.2, -0.15) is 0 Å². The Morgan fingerprint density at radius 1 is 0.933 bits per heavy atom. The van der Waals surface area contributed by atoms with E-state index in [1.165, 1.54) is 22.3 Å². The molecule has 0 heterocycles. The molecule has 1 amide bonds. The van der Waals surface area contributed by atoms with Gasteiger partial charge in [-0.25, -0.2) is 9.59 Å². The lowest BCUT2D eigenvalue weighted by Crippen LogP contribution is -2.63. The third-order valence-corrected chi connectivity index (χ3v) is 21.3. The second-order valence-corrected chi connectivity index (χ2v) is 26.2. The maximum atomic E-state index is 13.6. The smallest absolute Gasteiger partial charge is 0.481 e. The number of hydrogen-bond donors (Lipinski definition) is 4. The normalized spacial score (nSPS) is 38.1. The molecule has 4 N–H and O–H groups in total. The first kappa shape index (κ1) is 55.4. The molecule has 16 atom stereocenters. The molecule has 0 saturated heterocycles. The molecule has 0 bridgehead atoms. The predicted molar refractivity (Wildman–Crippen MR) is 287 cm³/mol. The number of carboxylic acids is 1. The van der Waals surface area contributed by atoms with Gasteiger partial charge in [0.05, 0.1) is 25.4 Å². The number of amides is 1. The Balaban J connectivity index is 0.867. The van der Waals surface area contributed by atoms with Crippen molar-refractivity contribution >= 4 is 29.7 Å². The van der Waals surface area contributed by atoms with E-state index in [0.717, 1.165) is 69.9 Å². The van der Waals surface area contributed by atoms with Crippen LogP contribution in [0.2, 0.25) is 0 Å². The highest BCUT2D eigenvalue weighted by Crippen LogP contribution is 2.70. The van der Waals surface area contributed by atoms with Crippen LogP contribution in [0, 0.1) is 75.4 Å². The van der Waals surface area contributed by atoms with Crippen molar-refractivity contribution in [1.82, 2.24) is 5.32 Å². The summed E-state index contributed by atoms with van der Waals surface area (Å²) in [6, 6.07) is 9.00. The zero-order chi connectivity index (χ0) is 53.8. The molecule has 412 valence electrons. The van der Waals surface area contributed by atoms with Crippen LogP contribution in [-0.2, 0) is 28.5 Å². The molecule has 0 spiro atoms. The van der Waals surface area contributed by atoms with Crippen LogP contribution < -0.4 is 10.2 Å². The Morgan fingerprint density at radius 3 is 2.41 bits per heavy atom. The number of rotatable bonds is 14. The molecule has 6 saturated carbocycles. The number of hydrogen-bond acceptors (Lipinski definition) is 11. The number of aliphatic hydroxyl groups is 2. The number of aliphatic carboxylic acids is 1. The number of fused-ring (bicyclic) bond motifs is 9. The van der Waals surface area contributed by atoms with Gasteiger partial charge in [0.25, 0.3) is 0 Å². The molecule has 13 heteroatoms. The van der Waals surface area contributed by atoms with Crippen LogP contribution in [0.1, 0.15) is 170 Å². The summed E-state index contributed by atoms with van der Waals surface area (Å²) in [6.07, 6.45) is 11.8. The van der Waals surface area contributed by atoms with E-state index >= 15 is 0 Å². The van der Waals surface area contributed by atoms with Crippen LogP contribution >= 0.6 is 0 Å². The number of likely N-dealkylation sites (N-methyl/N-ethyl adjacent to an activating group) is 1. The molecule has 0 aromatic heterocycles. The predicted octanol–water partition coefficient (Wildman–Crippen LogP) is 10.9. The van der Waals surface area contributed by atoms with E-state index in [2.05, 4.69) is 81.1 Å². The summed E-state index contributed by atoms with van der Waals surface area (Å²) in [4.78, 5) is 52.3. The Bertz CT molecular complexity index is 2450. The Labute approximate surface area is 446 Å². The van der Waals surface area contributed by atoms with E-state index < -0.39 is 47.0 Å². The lowest BCUT2D eigenvalue weighted by molar-refractivity contribution is -0.211. The zero-order valence-electron chi connectivity index (χ0n) is 46.5. The summed E-state index contributed by atoms with van der Waals surface area (Å²) in [7, 11) is 2.11. The van der Waals surface area contributed by atoms with Crippen LogP contribution in [-0.4, -0.2) is 102 Å². The SMILES string of the molecule is CC#C[C@@]1(O)CCC2C3CCC4=CC(=O)CCC4=C3[C@H](c3ccc(N(C)CCO[C@H]4CC[C@@]5(C)[C@@H](C4)C[C@@H](OC(=O)OCCNC(=O)OC(C)(C)C)[C@@H]4[C@@H]5C[C@H](O)[C@]5(C)[C@@H]([C@H](C)CCC(=O)O)CC[C@@H]45)cc3)C[C@@]21C. The van der Waals surface area contributed by atoms with Gasteiger partial charge in [0.15, 0.2) is 5.78 Å². The maximum absolute atomic E-state index is 13.6. The first-order valence-electron chi connectivity index (χ1n) is 28.8. The van der Waals surface area contributed by atoms with E-state index in [9.17, 15) is 34.5 Å². The van der Waals surface area contributed by atoms with Gasteiger partial charge >= 0.3 is 18.2 Å². The number of alkyl carbamates (subject to hydrolysis) is 1. The average molecular weight is 1040 g/mol. The second-order valence-electron chi connectivity index (χ2n) is 26.2. The van der Waals surface area contributed by atoms with Crippen molar-refractivity contribution in [3.05, 3.63) is 52.6 Å². The maximum Gasteiger partial charge on any atom is 0.508 e. The van der Waals surface area contributed by atoms with Crippen LogP contribution in [0.5, 0.6) is 0 Å². The van der Waals surface area contributed by atoms with E-state index in [1.807, 2.05) is 13.0 Å². The molecule has 75 heavy (non-hydrogen) atoms. The summed E-state index contributed by atoms with van der Waals surface area (Å²) in [5.41, 5.74) is 3.95. The van der Waals surface area contributed by atoms with Gasteiger partial charge in [-0.15, -0.1) is 5.92 Å². The van der Waals surface area contributed by atoms with Gasteiger partial charge in [-0.05, 0) is 205 Å². The lowest BCUT2D eigenvalue weighted by atomic mass is 9.43. The highest BCUT2D eigenvalue weighted by Gasteiger charge is 2.67. The van der Waals surface area contributed by atoms with Crippen LogP contribution in [0.25, 0.3) is 0 Å². The summed E-state index contributed by atoms with van der Waals surface area (Å²) in [5, 5.41) is 36.7. The number of aliphatic hydroxyl groups excluding tert-OH is 1. The third kappa shape index (κ3) is 10.6. The van der Waals surface area contributed by atoms with Gasteiger partial charge in [-0.3, -0.25) is 9.59 Å². The van der Waals surface area contributed by atoms with Gasteiger partial charge in [0.1, 0.15) is 23.9 Å². The number of nitrogens with one attached hydrogen (secondary N) is 1. The number of carbonyl (C=O) groups is 4. The van der Waals surface area contributed by atoms with E-state index in [0.29, 0.717) is 57.1 Å². The van der Waals surface area contributed by atoms with Crippen LogP contribution in [0.3, 0.4) is 0 Å². The van der Waals surface area contributed by atoms with Gasteiger partial charge in [0.2, 0.25) is 0 Å². The summed E-state index contributed by atoms with van der Waals surface area (Å²) in [6.45, 7) is 17.5. The van der Waals surface area contributed by atoms with Crippen LogP contribution in [0.4, 0.5) is 15.3 Å². The van der Waals surface area contributed by atoms with Crippen molar-refractivity contribution in [2.75, 3.05) is 38.3 Å². The fourth-order valence-electron chi connectivity index (χ4n) is 17.5. The van der Waals surface area contributed by atoms with Crippen molar-refractivity contribution in [1.29, 1.82) is 0 Å². The highest BCUT2D eigenvalue weighted by atomic mass is 16.7. The zero-order valence-corrected chi connectivity index (χ0v) is 46.5. The number of anilines is 1. The van der Waals surface area contributed by atoms with E-state index in [-0.39, 0.29) is 83.7 Å². The average Bonchev–Trinajstić information content (AvgIpc) is 3.85. The number of ketones is 1. The van der Waals surface area contributed by atoms with Crippen molar-refractivity contribution in [2.45, 2.75) is 194 Å². The number of carboxylic acid groups (broad SMARTS) is 1. The molecule has 2 unspecified atom stereocenters. The highest BCUT2D eigenvalue weighted by molar-refractivity contribution is 5.93. The molecular formula is C62H88N2O11. The van der Waals surface area contributed by atoms with Crippen molar-refractivity contribution in [2.24, 2.45) is 63.6 Å². The van der Waals surface area contributed by atoms with Crippen molar-refractivity contribution in [3.63, 3.8) is 0 Å². The molecule has 8 aliphatic rings. The lowest BCUT2D eigenvalue weighted by Gasteiger charge is -2.64. The molecule has 0 radical (unpaired) electrons. The molecule has 6 fully saturated rings. The Hall–Kier alpha value is -4.38. The van der Waals surface area contributed by atoms with Gasteiger partial charge in [0, 0.05) is 49.4 Å². The molecule has 13 nitrogen and oxygen atoms in total. The first-order chi connectivity index (χ1) is 35.5. The minimum absolute atomic E-state index is 0.00868. The number of benzene rings is 1. The van der Waals surface area contributed by atoms with Crippen LogP contribution in [0.15, 0.2) is 47.1 Å². The Kier molecular flexibility index (Phi) is 15.8. The standard InChI is InChI=1S/C62H88N2O11/c1-10-25-62(71)27-24-48-45-18-14-39-32-42(65)17-19-44(39)54(45)46(36-60(48,62)7)38-12-15-41(16-13-38)64(9)29-31-72-43-23-26-59(6)40(33-43)34-51(74-57(70)73-30-28-63-56(69)75-58(3,4)5)55-49-21-20-47(37(2)11-22-53(67)68)61(49,8)52(66)35-50(55)59/h12-13,15-16,32,37,40,43,45-52,55,66,71H,11,14,17-24,26-31,33-36H2,1-9H3,(H,63,69)(H,67,68)/t37-,40+,43+,45?,46+,47-,48?,49+,50+,51-,52+,55+,59+,60+,61-,62-/m1/s1. The molecule has 9 rings (SSSR count). The largest absolute Gasteiger partial charge is 0.508 e. The first-order valence-corrected chi connectivity index (χ1v) is 28.8. The fraction of sp³-hybridized carbons (Fsp3) is 0.742. The summed E-state index contributed by atoms with van der Waals surface area (Å²) >= 11 is 0. The molecular weight excluding hydrogens is 949 g/mol. The number of nitrogens with zero attached hydrogens (tertiary/aromatic N) is 1. The second kappa shape index (κ2) is 21.5. The van der Waals surface area contributed by atoms with Crippen molar-refractivity contribution < 1.29 is 53.4 Å². The quantitative estimate of drug-likeness (QED) is 0.0788. The van der Waals surface area contributed by atoms with Gasteiger partial charge < -0.3 is 44.5 Å². The molecule has 8 aliphatic carbocycles. The number of ether oxygens (including phenoxy) is 4. The van der Waals surface area contributed by atoms with Gasteiger partial charge in [-0.1, -0.05) is 51.3 Å².